The van der Waals surface area contributed by atoms with E-state index in [9.17, 15) is 9.59 Å². The zero-order chi connectivity index (χ0) is 12.8. The van der Waals surface area contributed by atoms with E-state index >= 15 is 0 Å². The SMILES string of the molecule is O=C(CC(=O)c1ccccc1)Nc1cccc[nH+]1. The van der Waals surface area contributed by atoms with Gasteiger partial charge in [-0.05, 0) is 6.07 Å². The molecule has 2 rings (SSSR count). The number of benzene rings is 1. The van der Waals surface area contributed by atoms with Crippen molar-refractivity contribution in [2.45, 2.75) is 6.42 Å². The second kappa shape index (κ2) is 5.72. The van der Waals surface area contributed by atoms with E-state index in [1.165, 1.54) is 0 Å². The summed E-state index contributed by atoms with van der Waals surface area (Å²) in [5, 5.41) is 2.63. The summed E-state index contributed by atoms with van der Waals surface area (Å²) < 4.78 is 0. The molecule has 0 aliphatic rings. The Hall–Kier alpha value is -2.49. The minimum absolute atomic E-state index is 0.160. The predicted molar refractivity (Wildman–Crippen MR) is 67.0 cm³/mol. The first-order valence-electron chi connectivity index (χ1n) is 5.60. The number of pyridine rings is 1. The molecule has 1 heterocycles. The fraction of sp³-hybridized carbons (Fsp3) is 0.0714. The molecule has 1 aromatic heterocycles. The number of rotatable bonds is 4. The average molecular weight is 241 g/mol. The molecule has 0 saturated heterocycles. The lowest BCUT2D eigenvalue weighted by Crippen LogP contribution is -2.21. The number of aromatic amines is 1. The summed E-state index contributed by atoms with van der Waals surface area (Å²) in [5.74, 6) is 0.0543. The van der Waals surface area contributed by atoms with E-state index in [2.05, 4.69) is 10.3 Å². The van der Waals surface area contributed by atoms with Crippen LogP contribution in [0.2, 0.25) is 0 Å². The first kappa shape index (κ1) is 12.0. The molecule has 0 bridgehead atoms. The molecule has 0 unspecified atom stereocenters. The van der Waals surface area contributed by atoms with E-state index in [-0.39, 0.29) is 18.1 Å². The summed E-state index contributed by atoms with van der Waals surface area (Å²) in [7, 11) is 0. The number of ketones is 1. The highest BCUT2D eigenvalue weighted by Crippen LogP contribution is 2.04. The van der Waals surface area contributed by atoms with Gasteiger partial charge in [-0.3, -0.25) is 4.79 Å². The van der Waals surface area contributed by atoms with Crippen LogP contribution in [-0.4, -0.2) is 11.7 Å². The molecule has 2 aromatic rings. The summed E-state index contributed by atoms with van der Waals surface area (Å²) in [6.07, 6.45) is 1.54. The van der Waals surface area contributed by atoms with Gasteiger partial charge in [0.1, 0.15) is 6.42 Å². The molecule has 0 aliphatic heterocycles. The van der Waals surface area contributed by atoms with E-state index in [1.54, 1.807) is 42.6 Å². The normalized spacial score (nSPS) is 9.78. The number of H-pyrrole nitrogens is 1. The van der Waals surface area contributed by atoms with E-state index in [1.807, 2.05) is 12.1 Å². The Morgan fingerprint density at radius 2 is 1.72 bits per heavy atom. The summed E-state index contributed by atoms with van der Waals surface area (Å²) in [4.78, 5) is 26.3. The van der Waals surface area contributed by atoms with Crippen molar-refractivity contribution in [3.8, 4) is 0 Å². The number of amides is 1. The second-order valence-electron chi connectivity index (χ2n) is 3.79. The van der Waals surface area contributed by atoms with Crippen molar-refractivity contribution in [1.82, 2.24) is 0 Å². The zero-order valence-corrected chi connectivity index (χ0v) is 9.72. The van der Waals surface area contributed by atoms with Crippen LogP contribution in [0.5, 0.6) is 0 Å². The number of carbonyl (C=O) groups excluding carboxylic acids is 2. The third-order valence-electron chi connectivity index (χ3n) is 2.40. The van der Waals surface area contributed by atoms with Gasteiger partial charge in [-0.2, -0.15) is 0 Å². The lowest BCUT2D eigenvalue weighted by Gasteiger charge is -1.98. The van der Waals surface area contributed by atoms with Gasteiger partial charge in [0.15, 0.2) is 5.78 Å². The number of anilines is 1. The van der Waals surface area contributed by atoms with Crippen molar-refractivity contribution in [2.75, 3.05) is 5.32 Å². The summed E-state index contributed by atoms with van der Waals surface area (Å²) in [6.45, 7) is 0. The number of hydrogen-bond donors (Lipinski definition) is 1. The van der Waals surface area contributed by atoms with E-state index in [4.69, 9.17) is 0 Å². The Morgan fingerprint density at radius 1 is 1.00 bits per heavy atom. The van der Waals surface area contributed by atoms with Crippen LogP contribution in [0, 0.1) is 0 Å². The van der Waals surface area contributed by atoms with Gasteiger partial charge in [0.25, 0.3) is 5.82 Å². The maximum absolute atomic E-state index is 11.8. The maximum atomic E-state index is 11.8. The lowest BCUT2D eigenvalue weighted by molar-refractivity contribution is -0.360. The van der Waals surface area contributed by atoms with Crippen LogP contribution in [-0.2, 0) is 4.79 Å². The van der Waals surface area contributed by atoms with E-state index in [0.717, 1.165) is 0 Å². The summed E-state index contributed by atoms with van der Waals surface area (Å²) >= 11 is 0. The average Bonchev–Trinajstić information content (AvgIpc) is 2.40. The molecule has 0 fully saturated rings. The number of nitrogens with one attached hydrogen (secondary N) is 2. The van der Waals surface area contributed by atoms with Crippen molar-refractivity contribution in [2.24, 2.45) is 0 Å². The highest BCUT2D eigenvalue weighted by atomic mass is 16.2. The minimum Gasteiger partial charge on any atom is -0.294 e. The van der Waals surface area contributed by atoms with Crippen molar-refractivity contribution in [1.29, 1.82) is 0 Å². The van der Waals surface area contributed by atoms with Crippen LogP contribution >= 0.6 is 0 Å². The Labute approximate surface area is 105 Å². The molecule has 90 valence electrons. The Morgan fingerprint density at radius 3 is 2.39 bits per heavy atom. The molecule has 1 aromatic carbocycles. The number of hydrogen-bond acceptors (Lipinski definition) is 2. The van der Waals surface area contributed by atoms with Gasteiger partial charge in [-0.25, -0.2) is 15.1 Å². The highest BCUT2D eigenvalue weighted by molar-refractivity contribution is 6.10. The van der Waals surface area contributed by atoms with Crippen LogP contribution in [0.15, 0.2) is 54.7 Å². The molecule has 2 N–H and O–H groups in total. The smallest absolute Gasteiger partial charge is 0.294 e. The van der Waals surface area contributed by atoms with Gasteiger partial charge in [0.2, 0.25) is 0 Å². The maximum Gasteiger partial charge on any atom is 0.315 e. The third-order valence-corrected chi connectivity index (χ3v) is 2.40. The molecule has 4 nitrogen and oxygen atoms in total. The summed E-state index contributed by atoms with van der Waals surface area (Å²) in [5.41, 5.74) is 0.546. The van der Waals surface area contributed by atoms with Gasteiger partial charge in [-0.15, -0.1) is 0 Å². The van der Waals surface area contributed by atoms with Crippen molar-refractivity contribution in [3.05, 3.63) is 60.3 Å². The third kappa shape index (κ3) is 3.25. The largest absolute Gasteiger partial charge is 0.315 e. The van der Waals surface area contributed by atoms with Crippen LogP contribution in [0.25, 0.3) is 0 Å². The zero-order valence-electron chi connectivity index (χ0n) is 9.72. The van der Waals surface area contributed by atoms with Crippen LogP contribution in [0.4, 0.5) is 5.82 Å². The van der Waals surface area contributed by atoms with Gasteiger partial charge >= 0.3 is 5.91 Å². The number of aromatic nitrogens is 1. The van der Waals surface area contributed by atoms with Crippen LogP contribution < -0.4 is 10.3 Å². The van der Waals surface area contributed by atoms with Crippen LogP contribution in [0.1, 0.15) is 16.8 Å². The molecule has 0 saturated carbocycles. The molecule has 0 atom stereocenters. The Balaban J connectivity index is 1.94. The molecule has 4 heteroatoms. The summed E-state index contributed by atoms with van der Waals surface area (Å²) in [6, 6.07) is 14.1. The van der Waals surface area contributed by atoms with Crippen LogP contribution in [0.3, 0.4) is 0 Å². The second-order valence-corrected chi connectivity index (χ2v) is 3.79. The molecule has 0 radical (unpaired) electrons. The fourth-order valence-corrected chi connectivity index (χ4v) is 1.54. The predicted octanol–water partition coefficient (Wildman–Crippen LogP) is 1.71. The molecule has 0 aliphatic carbocycles. The van der Waals surface area contributed by atoms with E-state index < -0.39 is 0 Å². The standard InChI is InChI=1S/C14H12N2O2/c17-12(11-6-2-1-3-7-11)10-14(18)16-13-8-4-5-9-15-13/h1-9H,10H2,(H,15,16,18)/p+1. The lowest BCUT2D eigenvalue weighted by atomic mass is 10.1. The number of carbonyl (C=O) groups is 2. The Kier molecular flexibility index (Phi) is 3.81. The first-order valence-corrected chi connectivity index (χ1v) is 5.60. The van der Waals surface area contributed by atoms with Gasteiger partial charge in [-0.1, -0.05) is 36.4 Å². The molecular weight excluding hydrogens is 228 g/mol. The van der Waals surface area contributed by atoms with E-state index in [0.29, 0.717) is 11.4 Å². The molecule has 18 heavy (non-hydrogen) atoms. The van der Waals surface area contributed by atoms with Crippen molar-refractivity contribution < 1.29 is 14.6 Å². The fourth-order valence-electron chi connectivity index (χ4n) is 1.54. The molecule has 0 spiro atoms. The van der Waals surface area contributed by atoms with Crippen molar-refractivity contribution in [3.63, 3.8) is 0 Å². The Bertz CT molecular complexity index is 538. The van der Waals surface area contributed by atoms with Gasteiger partial charge in [0, 0.05) is 11.6 Å². The monoisotopic (exact) mass is 241 g/mol. The van der Waals surface area contributed by atoms with Crippen molar-refractivity contribution >= 4 is 17.5 Å². The quantitative estimate of drug-likeness (QED) is 0.654. The number of Topliss-reactive ketones (excluding diaryl/α,β-unsaturated/α-hetero) is 1. The topological polar surface area (TPSA) is 60.3 Å². The van der Waals surface area contributed by atoms with Gasteiger partial charge in [0.05, 0.1) is 6.20 Å². The first-order chi connectivity index (χ1) is 8.75. The van der Waals surface area contributed by atoms with Gasteiger partial charge < -0.3 is 0 Å². The highest BCUT2D eigenvalue weighted by Gasteiger charge is 2.15. The molecular formula is C14H13N2O2+. The molecule has 1 amide bonds. The minimum atomic E-state index is -0.327.